The molecule has 2 rings (SSSR count). The molecule has 1 aromatic rings. The lowest BCUT2D eigenvalue weighted by molar-refractivity contribution is -0.116. The predicted octanol–water partition coefficient (Wildman–Crippen LogP) is 0.880. The van der Waals surface area contributed by atoms with Crippen LogP contribution < -0.4 is 10.6 Å². The van der Waals surface area contributed by atoms with Crippen LogP contribution in [-0.4, -0.2) is 18.3 Å². The van der Waals surface area contributed by atoms with E-state index in [-0.39, 0.29) is 11.7 Å². The van der Waals surface area contributed by atoms with Gasteiger partial charge in [-0.15, -0.1) is 0 Å². The first-order valence-corrected chi connectivity index (χ1v) is 4.85. The molecule has 1 aliphatic rings. The molecule has 1 amide bonds. The van der Waals surface area contributed by atoms with E-state index in [1.54, 1.807) is 11.8 Å². The number of rotatable bonds is 1. The first-order valence-electron chi connectivity index (χ1n) is 4.85. The van der Waals surface area contributed by atoms with Gasteiger partial charge in [0.1, 0.15) is 5.84 Å². The summed E-state index contributed by atoms with van der Waals surface area (Å²) < 4.78 is 0. The van der Waals surface area contributed by atoms with Crippen molar-refractivity contribution in [3.8, 4) is 0 Å². The fourth-order valence-corrected chi connectivity index (χ4v) is 1.87. The topological polar surface area (TPSA) is 70.2 Å². The molecule has 3 N–H and O–H groups in total. The van der Waals surface area contributed by atoms with E-state index in [4.69, 9.17) is 11.1 Å². The van der Waals surface area contributed by atoms with Crippen LogP contribution in [0, 0.1) is 5.41 Å². The van der Waals surface area contributed by atoms with Crippen LogP contribution >= 0.6 is 0 Å². The number of amidine groups is 1. The second-order valence-corrected chi connectivity index (χ2v) is 3.68. The Morgan fingerprint density at radius 3 is 2.87 bits per heavy atom. The molecule has 0 bridgehead atoms. The van der Waals surface area contributed by atoms with Gasteiger partial charge in [-0.05, 0) is 18.1 Å². The fraction of sp³-hybridized carbons (Fsp3) is 0.273. The summed E-state index contributed by atoms with van der Waals surface area (Å²) in [7, 11) is 0. The molecule has 1 aromatic carbocycles. The van der Waals surface area contributed by atoms with E-state index in [2.05, 4.69) is 0 Å². The molecule has 0 fully saturated rings. The van der Waals surface area contributed by atoms with Crippen LogP contribution in [0.2, 0.25) is 0 Å². The molecule has 0 saturated carbocycles. The van der Waals surface area contributed by atoms with Crippen LogP contribution in [0.15, 0.2) is 18.2 Å². The standard InChI is InChI=1S/C11H13N3O/c1-7(15)14-5-4-8-2-3-9(11(12)13)6-10(8)14/h2-3,6H,4-5H2,1H3,(H3,12,13). The Kier molecular flexibility index (Phi) is 2.19. The number of hydrogen-bond donors (Lipinski definition) is 2. The largest absolute Gasteiger partial charge is 0.384 e. The normalized spacial score (nSPS) is 13.8. The van der Waals surface area contributed by atoms with Gasteiger partial charge in [0.15, 0.2) is 0 Å². The van der Waals surface area contributed by atoms with Gasteiger partial charge in [-0.2, -0.15) is 0 Å². The monoisotopic (exact) mass is 203 g/mol. The maximum atomic E-state index is 11.3. The lowest BCUT2D eigenvalue weighted by Gasteiger charge is -2.15. The Labute approximate surface area is 88.2 Å². The number of fused-ring (bicyclic) bond motifs is 1. The molecule has 15 heavy (non-hydrogen) atoms. The quantitative estimate of drug-likeness (QED) is 0.525. The first-order chi connectivity index (χ1) is 7.09. The number of amides is 1. The van der Waals surface area contributed by atoms with E-state index in [0.29, 0.717) is 5.56 Å². The minimum absolute atomic E-state index is 0.0354. The number of benzene rings is 1. The zero-order chi connectivity index (χ0) is 11.0. The number of carbonyl (C=O) groups excluding carboxylic acids is 1. The maximum absolute atomic E-state index is 11.3. The molecule has 0 saturated heterocycles. The molecular formula is C11H13N3O. The van der Waals surface area contributed by atoms with Crippen molar-refractivity contribution >= 4 is 17.4 Å². The molecule has 0 aliphatic carbocycles. The Morgan fingerprint density at radius 1 is 1.53 bits per heavy atom. The van der Waals surface area contributed by atoms with Gasteiger partial charge in [0.05, 0.1) is 0 Å². The third-order valence-corrected chi connectivity index (χ3v) is 2.67. The molecule has 0 atom stereocenters. The number of nitrogen functional groups attached to an aromatic ring is 1. The van der Waals surface area contributed by atoms with Gasteiger partial charge in [-0.3, -0.25) is 10.2 Å². The number of carbonyl (C=O) groups is 1. The zero-order valence-electron chi connectivity index (χ0n) is 8.58. The molecule has 4 nitrogen and oxygen atoms in total. The number of nitrogens with two attached hydrogens (primary N) is 1. The predicted molar refractivity (Wildman–Crippen MR) is 59.2 cm³/mol. The van der Waals surface area contributed by atoms with E-state index in [1.807, 2.05) is 18.2 Å². The molecule has 0 radical (unpaired) electrons. The molecule has 0 aromatic heterocycles. The third kappa shape index (κ3) is 1.58. The summed E-state index contributed by atoms with van der Waals surface area (Å²) in [5.41, 5.74) is 8.12. The first kappa shape index (κ1) is 9.71. The summed E-state index contributed by atoms with van der Waals surface area (Å²) in [6.07, 6.45) is 0.882. The molecule has 4 heteroatoms. The molecule has 1 aliphatic heterocycles. The highest BCUT2D eigenvalue weighted by molar-refractivity contribution is 5.99. The Bertz CT molecular complexity index is 439. The fourth-order valence-electron chi connectivity index (χ4n) is 1.87. The van der Waals surface area contributed by atoms with Crippen molar-refractivity contribution in [1.29, 1.82) is 5.41 Å². The van der Waals surface area contributed by atoms with Crippen LogP contribution in [0.1, 0.15) is 18.1 Å². The van der Waals surface area contributed by atoms with E-state index in [9.17, 15) is 4.79 Å². The minimum atomic E-state index is 0.0354. The lowest BCUT2D eigenvalue weighted by Crippen LogP contribution is -2.26. The molecule has 0 unspecified atom stereocenters. The minimum Gasteiger partial charge on any atom is -0.384 e. The number of nitrogens with zero attached hydrogens (tertiary/aromatic N) is 1. The van der Waals surface area contributed by atoms with Crippen LogP contribution in [0.3, 0.4) is 0 Å². The zero-order valence-corrected chi connectivity index (χ0v) is 8.58. The van der Waals surface area contributed by atoms with Crippen LogP contribution in [0.5, 0.6) is 0 Å². The Morgan fingerprint density at radius 2 is 2.27 bits per heavy atom. The van der Waals surface area contributed by atoms with Crippen molar-refractivity contribution in [2.75, 3.05) is 11.4 Å². The summed E-state index contributed by atoms with van der Waals surface area (Å²) in [6.45, 7) is 2.28. The summed E-state index contributed by atoms with van der Waals surface area (Å²) in [4.78, 5) is 13.1. The highest BCUT2D eigenvalue weighted by Gasteiger charge is 2.22. The van der Waals surface area contributed by atoms with Gasteiger partial charge in [0.25, 0.3) is 0 Å². The van der Waals surface area contributed by atoms with Crippen LogP contribution in [-0.2, 0) is 11.2 Å². The number of hydrogen-bond acceptors (Lipinski definition) is 2. The van der Waals surface area contributed by atoms with Crippen molar-refractivity contribution in [3.05, 3.63) is 29.3 Å². The van der Waals surface area contributed by atoms with Crippen molar-refractivity contribution in [2.24, 2.45) is 5.73 Å². The Hall–Kier alpha value is -1.84. The highest BCUT2D eigenvalue weighted by atomic mass is 16.2. The van der Waals surface area contributed by atoms with Gasteiger partial charge in [-0.25, -0.2) is 0 Å². The smallest absolute Gasteiger partial charge is 0.223 e. The van der Waals surface area contributed by atoms with Crippen molar-refractivity contribution in [1.82, 2.24) is 0 Å². The summed E-state index contributed by atoms with van der Waals surface area (Å²) in [6, 6.07) is 5.58. The number of nitrogens with one attached hydrogen (secondary N) is 1. The summed E-state index contributed by atoms with van der Waals surface area (Å²) in [5.74, 6) is 0.0719. The highest BCUT2D eigenvalue weighted by Crippen LogP contribution is 2.28. The second kappa shape index (κ2) is 3.38. The molecular weight excluding hydrogens is 190 g/mol. The summed E-state index contributed by atoms with van der Waals surface area (Å²) >= 11 is 0. The molecule has 1 heterocycles. The second-order valence-electron chi connectivity index (χ2n) is 3.68. The van der Waals surface area contributed by atoms with Crippen molar-refractivity contribution in [2.45, 2.75) is 13.3 Å². The van der Waals surface area contributed by atoms with Gasteiger partial charge in [0, 0.05) is 24.7 Å². The van der Waals surface area contributed by atoms with Gasteiger partial charge < -0.3 is 10.6 Å². The summed E-state index contributed by atoms with van der Waals surface area (Å²) in [5, 5.41) is 7.35. The van der Waals surface area contributed by atoms with Gasteiger partial charge in [-0.1, -0.05) is 12.1 Å². The average Bonchev–Trinajstić information content (AvgIpc) is 2.59. The van der Waals surface area contributed by atoms with Gasteiger partial charge in [0.2, 0.25) is 5.91 Å². The number of anilines is 1. The lowest BCUT2D eigenvalue weighted by atomic mass is 10.1. The van der Waals surface area contributed by atoms with E-state index >= 15 is 0 Å². The van der Waals surface area contributed by atoms with E-state index in [0.717, 1.165) is 24.2 Å². The SMILES string of the molecule is CC(=O)N1CCc2ccc(C(=N)N)cc21. The van der Waals surface area contributed by atoms with Crippen molar-refractivity contribution < 1.29 is 4.79 Å². The van der Waals surface area contributed by atoms with Crippen molar-refractivity contribution in [3.63, 3.8) is 0 Å². The van der Waals surface area contributed by atoms with Crippen LogP contribution in [0.25, 0.3) is 0 Å². The maximum Gasteiger partial charge on any atom is 0.223 e. The molecule has 0 spiro atoms. The van der Waals surface area contributed by atoms with Crippen LogP contribution in [0.4, 0.5) is 5.69 Å². The third-order valence-electron chi connectivity index (χ3n) is 2.67. The van der Waals surface area contributed by atoms with Gasteiger partial charge >= 0.3 is 0 Å². The van der Waals surface area contributed by atoms with E-state index in [1.165, 1.54) is 0 Å². The Balaban J connectivity index is 2.46. The van der Waals surface area contributed by atoms with E-state index < -0.39 is 0 Å². The average molecular weight is 203 g/mol. The molecule has 78 valence electrons.